The van der Waals surface area contributed by atoms with Gasteiger partial charge in [0.15, 0.2) is 0 Å². The standard InChI is InChI=1S/C23H21N3O6/c27-20(25-12-21(28)26-13-22(29)30)10-5-11-24-23(31)32-14-19-17-8-3-1-6-15(17)16-7-2-4-9-18(16)19/h1-4,6-9,19H,11-14H2,(H,24,31)(H,25,27)(H,26,28)(H,29,30). The monoisotopic (exact) mass is 435 g/mol. The molecule has 164 valence electrons. The zero-order valence-corrected chi connectivity index (χ0v) is 17.0. The molecular formula is C23H21N3O6. The maximum absolute atomic E-state index is 12.0. The molecule has 0 radical (unpaired) electrons. The number of alkyl carbamates (subject to hydrolysis) is 1. The summed E-state index contributed by atoms with van der Waals surface area (Å²) in [6.45, 7) is -0.889. The lowest BCUT2D eigenvalue weighted by molar-refractivity contribution is -0.137. The molecule has 0 aliphatic heterocycles. The van der Waals surface area contributed by atoms with Crippen LogP contribution in [0.1, 0.15) is 17.0 Å². The van der Waals surface area contributed by atoms with Crippen molar-refractivity contribution < 1.29 is 29.0 Å². The molecule has 0 bridgehead atoms. The lowest BCUT2D eigenvalue weighted by Gasteiger charge is -2.14. The van der Waals surface area contributed by atoms with Crippen LogP contribution < -0.4 is 16.0 Å². The van der Waals surface area contributed by atoms with Gasteiger partial charge in [0.1, 0.15) is 13.2 Å². The molecule has 0 saturated heterocycles. The van der Waals surface area contributed by atoms with Crippen molar-refractivity contribution in [1.29, 1.82) is 0 Å². The Kier molecular flexibility index (Phi) is 7.43. The van der Waals surface area contributed by atoms with Crippen LogP contribution in [-0.4, -0.2) is 55.2 Å². The van der Waals surface area contributed by atoms with Crippen LogP contribution in [0.3, 0.4) is 0 Å². The largest absolute Gasteiger partial charge is 0.480 e. The zero-order chi connectivity index (χ0) is 22.9. The summed E-state index contributed by atoms with van der Waals surface area (Å²) in [5.74, 6) is 2.03. The van der Waals surface area contributed by atoms with Crippen LogP contribution in [0.5, 0.6) is 0 Å². The number of ether oxygens (including phenoxy) is 1. The number of carbonyl (C=O) groups is 4. The molecule has 4 N–H and O–H groups in total. The third kappa shape index (κ3) is 5.86. The van der Waals surface area contributed by atoms with Gasteiger partial charge < -0.3 is 25.8 Å². The van der Waals surface area contributed by atoms with E-state index >= 15 is 0 Å². The van der Waals surface area contributed by atoms with Crippen LogP contribution in [0.2, 0.25) is 0 Å². The lowest BCUT2D eigenvalue weighted by atomic mass is 9.98. The molecule has 3 rings (SSSR count). The number of hydrogen-bond donors (Lipinski definition) is 4. The summed E-state index contributed by atoms with van der Waals surface area (Å²) in [5, 5.41) is 15.2. The summed E-state index contributed by atoms with van der Waals surface area (Å²) in [4.78, 5) is 45.2. The molecule has 2 aromatic carbocycles. The van der Waals surface area contributed by atoms with Crippen molar-refractivity contribution >= 4 is 23.9 Å². The van der Waals surface area contributed by atoms with Gasteiger partial charge in [0.05, 0.1) is 13.1 Å². The Morgan fingerprint density at radius 1 is 0.875 bits per heavy atom. The van der Waals surface area contributed by atoms with Crippen LogP contribution in [-0.2, 0) is 19.1 Å². The van der Waals surface area contributed by atoms with E-state index in [1.807, 2.05) is 48.5 Å². The van der Waals surface area contributed by atoms with E-state index in [1.165, 1.54) is 0 Å². The Bertz CT molecular complexity index is 1060. The van der Waals surface area contributed by atoms with Crippen LogP contribution in [0.4, 0.5) is 4.79 Å². The molecule has 32 heavy (non-hydrogen) atoms. The number of nitrogens with one attached hydrogen (secondary N) is 3. The second-order valence-electron chi connectivity index (χ2n) is 6.83. The molecule has 0 saturated carbocycles. The van der Waals surface area contributed by atoms with E-state index in [2.05, 4.69) is 27.8 Å². The van der Waals surface area contributed by atoms with Gasteiger partial charge in [-0.3, -0.25) is 14.4 Å². The number of rotatable bonds is 7. The predicted molar refractivity (Wildman–Crippen MR) is 115 cm³/mol. The van der Waals surface area contributed by atoms with E-state index in [4.69, 9.17) is 9.84 Å². The molecular weight excluding hydrogens is 414 g/mol. The Morgan fingerprint density at radius 2 is 1.50 bits per heavy atom. The van der Waals surface area contributed by atoms with Crippen molar-refractivity contribution in [1.82, 2.24) is 16.0 Å². The molecule has 0 atom stereocenters. The Balaban J connectivity index is 1.42. The Hall–Kier alpha value is -4.32. The molecule has 2 aromatic rings. The quantitative estimate of drug-likeness (QED) is 0.477. The fourth-order valence-corrected chi connectivity index (χ4v) is 3.33. The molecule has 0 aromatic heterocycles. The number of carbonyl (C=O) groups excluding carboxylic acids is 3. The topological polar surface area (TPSA) is 134 Å². The van der Waals surface area contributed by atoms with Crippen LogP contribution in [0, 0.1) is 11.8 Å². The van der Waals surface area contributed by atoms with E-state index < -0.39 is 37.0 Å². The van der Waals surface area contributed by atoms with Gasteiger partial charge in [-0.1, -0.05) is 54.5 Å². The van der Waals surface area contributed by atoms with Crippen molar-refractivity contribution in [2.45, 2.75) is 5.92 Å². The fourth-order valence-electron chi connectivity index (χ4n) is 3.33. The molecule has 1 aliphatic carbocycles. The van der Waals surface area contributed by atoms with Crippen molar-refractivity contribution in [3.8, 4) is 23.0 Å². The third-order valence-electron chi connectivity index (χ3n) is 4.71. The van der Waals surface area contributed by atoms with Gasteiger partial charge in [0.2, 0.25) is 5.91 Å². The SMILES string of the molecule is O=C(O)CNC(=O)CNC(=O)C#CCNC(=O)OCC1c2ccccc2-c2ccccc21. The second-order valence-corrected chi connectivity index (χ2v) is 6.83. The highest BCUT2D eigenvalue weighted by Gasteiger charge is 2.28. The van der Waals surface area contributed by atoms with E-state index in [1.54, 1.807) is 0 Å². The van der Waals surface area contributed by atoms with Crippen LogP contribution >= 0.6 is 0 Å². The number of carboxylic acids is 1. The van der Waals surface area contributed by atoms with Gasteiger partial charge in [0, 0.05) is 5.92 Å². The highest BCUT2D eigenvalue weighted by atomic mass is 16.5. The zero-order valence-electron chi connectivity index (χ0n) is 17.0. The normalized spacial score (nSPS) is 11.2. The second kappa shape index (κ2) is 10.6. The van der Waals surface area contributed by atoms with E-state index in [0.717, 1.165) is 22.3 Å². The summed E-state index contributed by atoms with van der Waals surface area (Å²) in [7, 11) is 0. The minimum atomic E-state index is -1.19. The van der Waals surface area contributed by atoms with E-state index in [9.17, 15) is 19.2 Å². The number of hydrogen-bond acceptors (Lipinski definition) is 5. The van der Waals surface area contributed by atoms with Crippen molar-refractivity contribution in [3.63, 3.8) is 0 Å². The number of benzene rings is 2. The maximum atomic E-state index is 12.0. The molecule has 9 nitrogen and oxygen atoms in total. The average Bonchev–Trinajstić information content (AvgIpc) is 3.11. The first-order chi connectivity index (χ1) is 15.5. The summed E-state index contributed by atoms with van der Waals surface area (Å²) < 4.78 is 5.35. The smallest absolute Gasteiger partial charge is 0.407 e. The highest BCUT2D eigenvalue weighted by molar-refractivity contribution is 5.96. The molecule has 0 unspecified atom stereocenters. The van der Waals surface area contributed by atoms with E-state index in [-0.39, 0.29) is 19.1 Å². The van der Waals surface area contributed by atoms with Crippen LogP contribution in [0.15, 0.2) is 48.5 Å². The Labute approximate surface area is 184 Å². The van der Waals surface area contributed by atoms with Gasteiger partial charge in [-0.2, -0.15) is 0 Å². The number of fused-ring (bicyclic) bond motifs is 3. The lowest BCUT2D eigenvalue weighted by Crippen LogP contribution is -2.38. The first kappa shape index (κ1) is 22.4. The van der Waals surface area contributed by atoms with Crippen molar-refractivity contribution in [3.05, 3.63) is 59.7 Å². The molecule has 9 heteroatoms. The average molecular weight is 435 g/mol. The number of aliphatic carboxylic acids is 1. The number of amides is 3. The number of carboxylic acid groups (broad SMARTS) is 1. The highest BCUT2D eigenvalue weighted by Crippen LogP contribution is 2.44. The van der Waals surface area contributed by atoms with Gasteiger partial charge in [-0.25, -0.2) is 4.79 Å². The minimum absolute atomic E-state index is 0.0581. The van der Waals surface area contributed by atoms with Gasteiger partial charge in [-0.05, 0) is 28.2 Å². The van der Waals surface area contributed by atoms with Gasteiger partial charge >= 0.3 is 12.1 Å². The Morgan fingerprint density at radius 3 is 2.12 bits per heavy atom. The molecule has 0 fully saturated rings. The molecule has 3 amide bonds. The predicted octanol–water partition coefficient (Wildman–Crippen LogP) is 0.846. The first-order valence-corrected chi connectivity index (χ1v) is 9.79. The fraction of sp³-hybridized carbons (Fsp3) is 0.217. The molecule has 0 spiro atoms. The van der Waals surface area contributed by atoms with Crippen LogP contribution in [0.25, 0.3) is 11.1 Å². The first-order valence-electron chi connectivity index (χ1n) is 9.79. The third-order valence-corrected chi connectivity index (χ3v) is 4.71. The van der Waals surface area contributed by atoms with Gasteiger partial charge in [0.25, 0.3) is 5.91 Å². The van der Waals surface area contributed by atoms with E-state index in [0.29, 0.717) is 0 Å². The van der Waals surface area contributed by atoms with Crippen molar-refractivity contribution in [2.75, 3.05) is 26.2 Å². The summed E-state index contributed by atoms with van der Waals surface area (Å²) >= 11 is 0. The molecule has 0 heterocycles. The summed E-state index contributed by atoms with van der Waals surface area (Å²) in [6, 6.07) is 16.0. The minimum Gasteiger partial charge on any atom is -0.480 e. The summed E-state index contributed by atoms with van der Waals surface area (Å²) in [5.41, 5.74) is 4.46. The maximum Gasteiger partial charge on any atom is 0.407 e. The van der Waals surface area contributed by atoms with Crippen molar-refractivity contribution in [2.24, 2.45) is 0 Å². The molecule has 1 aliphatic rings. The summed E-state index contributed by atoms with van der Waals surface area (Å²) in [6.07, 6.45) is -0.658. The van der Waals surface area contributed by atoms with Gasteiger partial charge in [-0.15, -0.1) is 0 Å².